The van der Waals surface area contributed by atoms with Gasteiger partial charge in [0.2, 0.25) is 12.2 Å². The van der Waals surface area contributed by atoms with Crippen LogP contribution < -0.4 is 0 Å². The molecule has 1 heterocycles. The van der Waals surface area contributed by atoms with Gasteiger partial charge in [-0.3, -0.25) is 4.79 Å². The van der Waals surface area contributed by atoms with Crippen LogP contribution in [0.5, 0.6) is 0 Å². The van der Waals surface area contributed by atoms with Gasteiger partial charge in [-0.1, -0.05) is 84.0 Å². The predicted octanol–water partition coefficient (Wildman–Crippen LogP) is 2.13. The average Bonchev–Trinajstić information content (AvgIpc) is 2.89. The van der Waals surface area contributed by atoms with Crippen LogP contribution in [0.4, 0.5) is 0 Å². The average molecular weight is 503 g/mol. The first-order valence-corrected chi connectivity index (χ1v) is 12.9. The molecule has 0 radical (unpaired) electrons. The summed E-state index contributed by atoms with van der Waals surface area (Å²) in [5, 5.41) is 28.5. The summed E-state index contributed by atoms with van der Waals surface area (Å²) in [5.41, 5.74) is -2.69. The number of aliphatic hydroxyl groups excluding tert-OH is 3. The van der Waals surface area contributed by atoms with Crippen LogP contribution in [-0.4, -0.2) is 76.6 Å². The third-order valence-electron chi connectivity index (χ3n) is 6.15. The van der Waals surface area contributed by atoms with Crippen molar-refractivity contribution >= 4 is 23.7 Å². The molecule has 0 bridgehead atoms. The van der Waals surface area contributed by atoms with Crippen molar-refractivity contribution in [3.63, 3.8) is 0 Å². The number of ether oxygens (including phenoxy) is 3. The molecule has 10 heteroatoms. The van der Waals surface area contributed by atoms with Gasteiger partial charge in [-0.15, -0.1) is 0 Å². The Morgan fingerprint density at radius 2 is 1.17 bits per heavy atom. The zero-order chi connectivity index (χ0) is 26.1. The number of rotatable bonds is 18. The highest BCUT2D eigenvalue weighted by Gasteiger charge is 2.53. The van der Waals surface area contributed by atoms with E-state index in [1.54, 1.807) is 0 Å². The zero-order valence-electron chi connectivity index (χ0n) is 20.9. The molecule has 35 heavy (non-hydrogen) atoms. The van der Waals surface area contributed by atoms with Crippen LogP contribution >= 0.6 is 0 Å². The quantitative estimate of drug-likeness (QED) is 0.110. The maximum atomic E-state index is 12.9. The highest BCUT2D eigenvalue weighted by molar-refractivity contribution is 6.09. The van der Waals surface area contributed by atoms with Crippen molar-refractivity contribution in [1.82, 2.24) is 0 Å². The van der Waals surface area contributed by atoms with Gasteiger partial charge < -0.3 is 29.5 Å². The smallest absolute Gasteiger partial charge is 0.362 e. The number of cyclic esters (lactones) is 3. The van der Waals surface area contributed by atoms with Gasteiger partial charge in [0.25, 0.3) is 5.60 Å². The fraction of sp³-hybridized carbons (Fsp3) is 0.840. The first-order valence-electron chi connectivity index (χ1n) is 12.9. The van der Waals surface area contributed by atoms with Gasteiger partial charge in [-0.05, 0) is 6.42 Å². The van der Waals surface area contributed by atoms with E-state index in [1.165, 1.54) is 51.4 Å². The molecule has 3 N–H and O–H groups in total. The van der Waals surface area contributed by atoms with Gasteiger partial charge in [-0.2, -0.15) is 0 Å². The first kappa shape index (κ1) is 31.0. The summed E-state index contributed by atoms with van der Waals surface area (Å²) in [5.74, 6) is -5.01. The number of aliphatic hydroxyl groups is 3. The van der Waals surface area contributed by atoms with E-state index in [1.807, 2.05) is 0 Å². The highest BCUT2D eigenvalue weighted by Crippen LogP contribution is 2.23. The summed E-state index contributed by atoms with van der Waals surface area (Å²) in [7, 11) is 0. The van der Waals surface area contributed by atoms with Crippen LogP contribution in [0.25, 0.3) is 0 Å². The number of carbonyl (C=O) groups excluding carboxylic acids is 4. The highest BCUT2D eigenvalue weighted by atomic mass is 16.7. The molecule has 1 rings (SSSR count). The fourth-order valence-electron chi connectivity index (χ4n) is 3.90. The van der Waals surface area contributed by atoms with Crippen LogP contribution in [0.3, 0.4) is 0 Å². The van der Waals surface area contributed by atoms with Crippen molar-refractivity contribution in [2.45, 2.75) is 115 Å². The number of carbonyl (C=O) groups is 4. The molecule has 0 aromatic rings. The SMILES string of the molecule is CCCCCCCCCCCCCCCC(=O)C1(CO)OC(=O)C(CO)OC(=O)C(CO)OC1=O. The van der Waals surface area contributed by atoms with Gasteiger partial charge in [0, 0.05) is 6.42 Å². The number of esters is 3. The molecule has 1 aliphatic heterocycles. The molecule has 0 amide bonds. The molecule has 0 aromatic carbocycles. The van der Waals surface area contributed by atoms with E-state index in [0.29, 0.717) is 12.8 Å². The molecule has 1 fully saturated rings. The van der Waals surface area contributed by atoms with Gasteiger partial charge in [0.15, 0.2) is 5.78 Å². The molecule has 3 unspecified atom stereocenters. The molecular formula is C25H42O10. The molecule has 0 aliphatic carbocycles. The summed E-state index contributed by atoms with van der Waals surface area (Å²) in [6.07, 6.45) is 10.5. The Kier molecular flexibility index (Phi) is 15.4. The third-order valence-corrected chi connectivity index (χ3v) is 6.15. The monoisotopic (exact) mass is 502 g/mol. The summed E-state index contributed by atoms with van der Waals surface area (Å²) in [4.78, 5) is 49.8. The van der Waals surface area contributed by atoms with E-state index in [0.717, 1.165) is 19.3 Å². The Bertz CT molecular complexity index is 663. The van der Waals surface area contributed by atoms with Crippen molar-refractivity contribution in [1.29, 1.82) is 0 Å². The Balaban J connectivity index is 2.50. The molecule has 3 atom stereocenters. The molecule has 0 spiro atoms. The standard InChI is InChI=1S/C25H42O10/c1-2-3-4-5-6-7-8-9-10-11-12-13-14-15-21(29)25(18-28)24(32)34-19(16-26)22(30)33-20(17-27)23(31)35-25/h19-20,26-28H,2-18H2,1H3. The Morgan fingerprint density at radius 1 is 0.714 bits per heavy atom. The van der Waals surface area contributed by atoms with Gasteiger partial charge >= 0.3 is 17.9 Å². The molecule has 202 valence electrons. The zero-order valence-corrected chi connectivity index (χ0v) is 20.9. The lowest BCUT2D eigenvalue weighted by atomic mass is 9.94. The summed E-state index contributed by atoms with van der Waals surface area (Å²) in [6.45, 7) is -0.960. The minimum Gasteiger partial charge on any atom is -0.445 e. The van der Waals surface area contributed by atoms with Crippen LogP contribution in [-0.2, 0) is 33.4 Å². The maximum absolute atomic E-state index is 12.9. The van der Waals surface area contributed by atoms with Crippen molar-refractivity contribution in [3.8, 4) is 0 Å². The fourth-order valence-corrected chi connectivity index (χ4v) is 3.90. The van der Waals surface area contributed by atoms with Crippen LogP contribution in [0.15, 0.2) is 0 Å². The molecule has 1 aliphatic rings. The number of unbranched alkanes of at least 4 members (excludes halogenated alkanes) is 12. The van der Waals surface area contributed by atoms with E-state index in [2.05, 4.69) is 6.92 Å². The molecule has 1 saturated heterocycles. The molecular weight excluding hydrogens is 460 g/mol. The van der Waals surface area contributed by atoms with E-state index in [9.17, 15) is 34.5 Å². The third kappa shape index (κ3) is 10.2. The van der Waals surface area contributed by atoms with Gasteiger partial charge in [-0.25, -0.2) is 14.4 Å². The van der Waals surface area contributed by atoms with E-state index in [-0.39, 0.29) is 6.42 Å². The summed E-state index contributed by atoms with van der Waals surface area (Å²) < 4.78 is 14.5. The molecule has 0 aromatic heterocycles. The Hall–Kier alpha value is -2.04. The second-order valence-electron chi connectivity index (χ2n) is 9.01. The van der Waals surface area contributed by atoms with Crippen LogP contribution in [0, 0.1) is 0 Å². The first-order chi connectivity index (χ1) is 16.9. The topological polar surface area (TPSA) is 157 Å². The van der Waals surface area contributed by atoms with E-state index >= 15 is 0 Å². The van der Waals surface area contributed by atoms with Crippen molar-refractivity contribution in [2.24, 2.45) is 0 Å². The minimum absolute atomic E-state index is 0.164. The molecule has 0 saturated carbocycles. The second-order valence-corrected chi connectivity index (χ2v) is 9.01. The van der Waals surface area contributed by atoms with Gasteiger partial charge in [0.1, 0.15) is 6.61 Å². The van der Waals surface area contributed by atoms with Crippen LogP contribution in [0.2, 0.25) is 0 Å². The van der Waals surface area contributed by atoms with Crippen molar-refractivity contribution in [2.75, 3.05) is 19.8 Å². The van der Waals surface area contributed by atoms with Gasteiger partial charge in [0.05, 0.1) is 13.2 Å². The lowest BCUT2D eigenvalue weighted by Crippen LogP contribution is -2.56. The second kappa shape index (κ2) is 17.4. The van der Waals surface area contributed by atoms with Crippen molar-refractivity contribution in [3.05, 3.63) is 0 Å². The minimum atomic E-state index is -2.69. The van der Waals surface area contributed by atoms with Crippen molar-refractivity contribution < 1.29 is 48.7 Å². The lowest BCUT2D eigenvalue weighted by Gasteiger charge is -2.28. The maximum Gasteiger partial charge on any atom is 0.362 e. The van der Waals surface area contributed by atoms with E-state index < -0.39 is 61.3 Å². The predicted molar refractivity (Wildman–Crippen MR) is 125 cm³/mol. The van der Waals surface area contributed by atoms with E-state index in [4.69, 9.17) is 14.2 Å². The number of Topliss-reactive ketones (excluding diaryl/α,β-unsaturated/α-hetero) is 1. The normalized spacial score (nSPS) is 23.0. The number of ketones is 1. The largest absolute Gasteiger partial charge is 0.445 e. The number of hydrogen-bond acceptors (Lipinski definition) is 10. The lowest BCUT2D eigenvalue weighted by molar-refractivity contribution is -0.194. The molecule has 10 nitrogen and oxygen atoms in total. The number of hydrogen-bond donors (Lipinski definition) is 3. The Morgan fingerprint density at radius 3 is 1.63 bits per heavy atom. The van der Waals surface area contributed by atoms with Crippen LogP contribution in [0.1, 0.15) is 96.8 Å². The summed E-state index contributed by atoms with van der Waals surface area (Å²) >= 11 is 0. The Labute approximate surface area is 207 Å². The summed E-state index contributed by atoms with van der Waals surface area (Å²) in [6, 6.07) is 0.